The molecule has 8 heteroatoms. The summed E-state index contributed by atoms with van der Waals surface area (Å²) in [6.45, 7) is 4.56. The molecule has 1 atom stereocenters. The third-order valence-electron chi connectivity index (χ3n) is 4.45. The van der Waals surface area contributed by atoms with Gasteiger partial charge in [0.25, 0.3) is 0 Å². The van der Waals surface area contributed by atoms with Gasteiger partial charge in [0.05, 0.1) is 28.4 Å². The molecule has 170 valence electrons. The molecule has 2 N–H and O–H groups in total. The molecule has 0 saturated heterocycles. The summed E-state index contributed by atoms with van der Waals surface area (Å²) in [6, 6.07) is 7.37. The van der Waals surface area contributed by atoms with Crippen molar-refractivity contribution in [1.82, 2.24) is 14.9 Å². The van der Waals surface area contributed by atoms with E-state index in [9.17, 15) is 4.21 Å². The minimum Gasteiger partial charge on any atom is -0.423 e. The number of allylic oxidation sites excluding steroid dienone is 3. The summed E-state index contributed by atoms with van der Waals surface area (Å²) in [4.78, 5) is 11.6. The van der Waals surface area contributed by atoms with Crippen molar-refractivity contribution in [3.05, 3.63) is 66.2 Å². The number of hydrogen-bond acceptors (Lipinski definition) is 7. The predicted molar refractivity (Wildman–Crippen MR) is 131 cm³/mol. The number of benzene rings is 1. The zero-order valence-electron chi connectivity index (χ0n) is 19.1. The number of hydrogen-bond donors (Lipinski definition) is 2. The molecule has 32 heavy (non-hydrogen) atoms. The second-order valence-corrected chi connectivity index (χ2v) is 8.96. The van der Waals surface area contributed by atoms with Gasteiger partial charge in [-0.15, -0.1) is 0 Å². The largest absolute Gasteiger partial charge is 0.423 e. The SMILES string of the molecule is CC/C=C\C=C/CC(=N)OC(=N)c1nc(-c2ccc(S(=O)CCN(C)C)cc2)cnc1C. The van der Waals surface area contributed by atoms with E-state index >= 15 is 0 Å². The molecular weight excluding hydrogens is 422 g/mol. The Labute approximate surface area is 192 Å². The Balaban J connectivity index is 2.09. The van der Waals surface area contributed by atoms with Crippen LogP contribution in [-0.4, -0.2) is 57.3 Å². The zero-order chi connectivity index (χ0) is 23.5. The fourth-order valence-corrected chi connectivity index (χ4v) is 3.85. The molecule has 2 rings (SSSR count). The Bertz CT molecular complexity index is 1010. The second kappa shape index (κ2) is 12.8. The van der Waals surface area contributed by atoms with Gasteiger partial charge in [0.15, 0.2) is 5.90 Å². The molecule has 1 aromatic heterocycles. The molecule has 0 amide bonds. The first-order chi connectivity index (χ1) is 15.3. The number of aryl methyl sites for hydroxylation is 1. The third-order valence-corrected chi connectivity index (χ3v) is 5.81. The average molecular weight is 454 g/mol. The number of nitrogens with one attached hydrogen (secondary N) is 2. The van der Waals surface area contributed by atoms with Gasteiger partial charge < -0.3 is 9.64 Å². The molecular formula is C24H31N5O2S. The van der Waals surface area contributed by atoms with Crippen molar-refractivity contribution in [3.8, 4) is 11.3 Å². The van der Waals surface area contributed by atoms with Gasteiger partial charge in [-0.1, -0.05) is 43.4 Å². The van der Waals surface area contributed by atoms with Crippen molar-refractivity contribution in [2.75, 3.05) is 26.4 Å². The highest BCUT2D eigenvalue weighted by atomic mass is 32.2. The molecule has 0 bridgehead atoms. The van der Waals surface area contributed by atoms with Crippen molar-refractivity contribution in [3.63, 3.8) is 0 Å². The van der Waals surface area contributed by atoms with Crippen molar-refractivity contribution in [2.45, 2.75) is 31.6 Å². The Hall–Kier alpha value is -2.97. The molecule has 0 aliphatic heterocycles. The van der Waals surface area contributed by atoms with Gasteiger partial charge in [-0.05, 0) is 39.6 Å². The summed E-state index contributed by atoms with van der Waals surface area (Å²) in [7, 11) is 2.85. The van der Waals surface area contributed by atoms with Crippen LogP contribution in [0, 0.1) is 17.7 Å². The molecule has 2 aromatic rings. The molecule has 1 heterocycles. The predicted octanol–water partition coefficient (Wildman–Crippen LogP) is 4.35. The molecule has 0 spiro atoms. The highest BCUT2D eigenvalue weighted by Gasteiger charge is 2.14. The van der Waals surface area contributed by atoms with Crippen LogP contribution in [0.5, 0.6) is 0 Å². The number of rotatable bonds is 10. The van der Waals surface area contributed by atoms with Crippen LogP contribution in [0.3, 0.4) is 0 Å². The average Bonchev–Trinajstić information content (AvgIpc) is 2.77. The smallest absolute Gasteiger partial charge is 0.241 e. The fraction of sp³-hybridized carbons (Fsp3) is 0.333. The van der Waals surface area contributed by atoms with Crippen LogP contribution < -0.4 is 0 Å². The van der Waals surface area contributed by atoms with Crippen molar-refractivity contribution < 1.29 is 8.95 Å². The molecule has 0 radical (unpaired) electrons. The van der Waals surface area contributed by atoms with E-state index in [-0.39, 0.29) is 18.2 Å². The number of nitrogens with zero attached hydrogens (tertiary/aromatic N) is 3. The maximum Gasteiger partial charge on any atom is 0.241 e. The zero-order valence-corrected chi connectivity index (χ0v) is 19.9. The van der Waals surface area contributed by atoms with Gasteiger partial charge in [-0.3, -0.25) is 20.0 Å². The van der Waals surface area contributed by atoms with E-state index < -0.39 is 10.8 Å². The van der Waals surface area contributed by atoms with Crippen LogP contribution >= 0.6 is 0 Å². The minimum atomic E-state index is -1.06. The summed E-state index contributed by atoms with van der Waals surface area (Å²) >= 11 is 0. The summed E-state index contributed by atoms with van der Waals surface area (Å²) < 4.78 is 17.8. The highest BCUT2D eigenvalue weighted by Crippen LogP contribution is 2.20. The minimum absolute atomic E-state index is 0.0349. The van der Waals surface area contributed by atoms with E-state index in [2.05, 4.69) is 16.9 Å². The molecule has 1 aromatic carbocycles. The lowest BCUT2D eigenvalue weighted by Gasteiger charge is -2.11. The first-order valence-electron chi connectivity index (χ1n) is 10.4. The highest BCUT2D eigenvalue weighted by molar-refractivity contribution is 7.85. The molecule has 7 nitrogen and oxygen atoms in total. The third kappa shape index (κ3) is 7.94. The molecule has 0 fully saturated rings. The van der Waals surface area contributed by atoms with Crippen LogP contribution in [-0.2, 0) is 15.5 Å². The molecule has 0 saturated carbocycles. The number of aromatic nitrogens is 2. The Morgan fingerprint density at radius 3 is 2.50 bits per heavy atom. The maximum absolute atomic E-state index is 12.4. The summed E-state index contributed by atoms with van der Waals surface area (Å²) in [5.41, 5.74) is 2.23. The van der Waals surface area contributed by atoms with Crippen molar-refractivity contribution >= 4 is 22.6 Å². The van der Waals surface area contributed by atoms with E-state index in [1.165, 1.54) is 0 Å². The monoisotopic (exact) mass is 453 g/mol. The lowest BCUT2D eigenvalue weighted by Crippen LogP contribution is -2.18. The molecule has 0 aliphatic carbocycles. The molecule has 0 aliphatic rings. The van der Waals surface area contributed by atoms with Crippen molar-refractivity contribution in [2.24, 2.45) is 0 Å². The lowest BCUT2D eigenvalue weighted by atomic mass is 10.1. The first kappa shape index (κ1) is 25.3. The van der Waals surface area contributed by atoms with Crippen LogP contribution in [0.4, 0.5) is 0 Å². The van der Waals surface area contributed by atoms with E-state index in [1.54, 1.807) is 19.2 Å². The Morgan fingerprint density at radius 2 is 1.84 bits per heavy atom. The van der Waals surface area contributed by atoms with E-state index in [0.717, 1.165) is 23.4 Å². The first-order valence-corrected chi connectivity index (χ1v) is 11.8. The quantitative estimate of drug-likeness (QED) is 0.316. The fourth-order valence-electron chi connectivity index (χ4n) is 2.65. The van der Waals surface area contributed by atoms with Crippen LogP contribution in [0.1, 0.15) is 31.2 Å². The summed E-state index contributed by atoms with van der Waals surface area (Å²) in [5, 5.41) is 16.2. The van der Waals surface area contributed by atoms with E-state index in [1.807, 2.05) is 61.5 Å². The van der Waals surface area contributed by atoms with Gasteiger partial charge in [0.1, 0.15) is 5.69 Å². The lowest BCUT2D eigenvalue weighted by molar-refractivity contribution is 0.435. The van der Waals surface area contributed by atoms with Gasteiger partial charge in [-0.2, -0.15) is 0 Å². The van der Waals surface area contributed by atoms with Gasteiger partial charge in [0.2, 0.25) is 5.90 Å². The molecule has 1 unspecified atom stereocenters. The van der Waals surface area contributed by atoms with Crippen molar-refractivity contribution in [1.29, 1.82) is 10.8 Å². The van der Waals surface area contributed by atoms with Gasteiger partial charge in [0, 0.05) is 29.2 Å². The van der Waals surface area contributed by atoms with Crippen LogP contribution in [0.15, 0.2) is 59.7 Å². The van der Waals surface area contributed by atoms with Crippen LogP contribution in [0.25, 0.3) is 11.3 Å². The van der Waals surface area contributed by atoms with Crippen LogP contribution in [0.2, 0.25) is 0 Å². The van der Waals surface area contributed by atoms with E-state index in [0.29, 0.717) is 22.8 Å². The van der Waals surface area contributed by atoms with Gasteiger partial charge in [-0.25, -0.2) is 4.98 Å². The summed E-state index contributed by atoms with van der Waals surface area (Å²) in [5.74, 6) is 0.332. The Kier molecular flexibility index (Phi) is 10.1. The standard InChI is InChI=1S/C24H31N5O2S/c1-5-6-7-8-9-10-22(25)31-24(26)23-18(2)27-17-21(28-23)19-11-13-20(14-12-19)32(30)16-15-29(3)4/h6-9,11-14,17,25-26H,5,10,15-16H2,1-4H3/b7-6-,9-8-,25-22?,26-24?. The Morgan fingerprint density at radius 1 is 1.16 bits per heavy atom. The van der Waals surface area contributed by atoms with Gasteiger partial charge >= 0.3 is 0 Å². The summed E-state index contributed by atoms with van der Waals surface area (Å²) in [6.07, 6.45) is 10.5. The second-order valence-electron chi connectivity index (χ2n) is 7.39. The maximum atomic E-state index is 12.4. The normalized spacial score (nSPS) is 12.5. The topological polar surface area (TPSA) is 103 Å². The number of ether oxygens (including phenoxy) is 1. The van der Waals surface area contributed by atoms with E-state index in [4.69, 9.17) is 15.6 Å².